The zero-order chi connectivity index (χ0) is 20.7. The molecular weight excluding hydrogens is 386 g/mol. The van der Waals surface area contributed by atoms with Crippen LogP contribution in [0.1, 0.15) is 22.2 Å². The lowest BCUT2D eigenvalue weighted by Crippen LogP contribution is -2.32. The van der Waals surface area contributed by atoms with Crippen LogP contribution < -0.4 is 29.2 Å². The highest BCUT2D eigenvalue weighted by Gasteiger charge is 2.40. The molecule has 2 aliphatic rings. The van der Waals surface area contributed by atoms with Gasteiger partial charge in [-0.15, -0.1) is 0 Å². The first-order chi connectivity index (χ1) is 14.7. The van der Waals surface area contributed by atoms with Gasteiger partial charge in [-0.1, -0.05) is 0 Å². The van der Waals surface area contributed by atoms with E-state index in [1.807, 2.05) is 18.2 Å². The number of hydrogen-bond acceptors (Lipinski definition) is 7. The van der Waals surface area contributed by atoms with Gasteiger partial charge in [0.2, 0.25) is 6.79 Å². The summed E-state index contributed by atoms with van der Waals surface area (Å²) in [7, 11) is 3.14. The molecule has 0 saturated heterocycles. The molecular formula is C22H19N3O5. The Labute approximate surface area is 173 Å². The Kier molecular flexibility index (Phi) is 4.31. The minimum atomic E-state index is -0.531. The van der Waals surface area contributed by atoms with Crippen molar-refractivity contribution in [3.05, 3.63) is 66.0 Å². The van der Waals surface area contributed by atoms with Gasteiger partial charge in [0, 0.05) is 24.0 Å². The lowest BCUT2D eigenvalue weighted by atomic mass is 10.2. The molecule has 0 saturated carbocycles. The van der Waals surface area contributed by atoms with Gasteiger partial charge in [0.1, 0.15) is 11.5 Å². The van der Waals surface area contributed by atoms with Gasteiger partial charge >= 0.3 is 0 Å². The third kappa shape index (κ3) is 2.85. The van der Waals surface area contributed by atoms with Crippen LogP contribution in [0.25, 0.3) is 0 Å². The average molecular weight is 405 g/mol. The molecule has 1 N–H and O–H groups in total. The molecule has 0 unspecified atom stereocenters. The Morgan fingerprint density at radius 3 is 2.77 bits per heavy atom. The first-order valence-corrected chi connectivity index (χ1v) is 9.36. The van der Waals surface area contributed by atoms with Crippen molar-refractivity contribution in [2.75, 3.05) is 31.2 Å². The van der Waals surface area contributed by atoms with E-state index < -0.39 is 6.17 Å². The summed E-state index contributed by atoms with van der Waals surface area (Å²) < 4.78 is 21.7. The number of ether oxygens (including phenoxy) is 4. The van der Waals surface area contributed by atoms with Gasteiger partial charge in [0.05, 0.1) is 31.2 Å². The molecule has 0 bridgehead atoms. The van der Waals surface area contributed by atoms with Crippen molar-refractivity contribution in [1.29, 1.82) is 0 Å². The maximum absolute atomic E-state index is 13.3. The molecule has 8 nitrogen and oxygen atoms in total. The van der Waals surface area contributed by atoms with E-state index >= 15 is 0 Å². The van der Waals surface area contributed by atoms with Gasteiger partial charge in [-0.3, -0.25) is 14.7 Å². The topological polar surface area (TPSA) is 82.2 Å². The van der Waals surface area contributed by atoms with Crippen molar-refractivity contribution in [1.82, 2.24) is 4.98 Å². The molecule has 5 rings (SSSR count). The molecule has 0 radical (unpaired) electrons. The molecule has 1 amide bonds. The standard InChI is InChI=1S/C22H19N3O5/c1-27-14-6-7-16(18(11-14)28-2)25-21(20-15(22(25)26)4-3-9-23-20)24-13-5-8-17-19(10-13)30-12-29-17/h3-11,21,24H,12H2,1-2H3/t21-/m1/s1. The highest BCUT2D eigenvalue weighted by Crippen LogP contribution is 2.43. The number of rotatable bonds is 5. The van der Waals surface area contributed by atoms with Crippen molar-refractivity contribution in [2.24, 2.45) is 0 Å². The number of fused-ring (bicyclic) bond motifs is 2. The molecule has 30 heavy (non-hydrogen) atoms. The van der Waals surface area contributed by atoms with Gasteiger partial charge in [0.15, 0.2) is 17.7 Å². The smallest absolute Gasteiger partial charge is 0.262 e. The van der Waals surface area contributed by atoms with E-state index in [1.54, 1.807) is 55.6 Å². The second kappa shape index (κ2) is 7.14. The van der Waals surface area contributed by atoms with Gasteiger partial charge in [0.25, 0.3) is 5.91 Å². The first kappa shape index (κ1) is 18.1. The van der Waals surface area contributed by atoms with Crippen LogP contribution >= 0.6 is 0 Å². The summed E-state index contributed by atoms with van der Waals surface area (Å²) in [5.74, 6) is 2.33. The number of hydrogen-bond donors (Lipinski definition) is 1. The third-order valence-corrected chi connectivity index (χ3v) is 5.13. The SMILES string of the molecule is COc1ccc(N2C(=O)c3cccnc3[C@@H]2Nc2ccc3c(c2)OCO3)c(OC)c1. The summed E-state index contributed by atoms with van der Waals surface area (Å²) in [6, 6.07) is 14.4. The van der Waals surface area contributed by atoms with E-state index in [0.29, 0.717) is 39.9 Å². The van der Waals surface area contributed by atoms with E-state index in [0.717, 1.165) is 5.69 Å². The van der Waals surface area contributed by atoms with Crippen LogP contribution in [0.2, 0.25) is 0 Å². The molecule has 0 aliphatic carbocycles. The summed E-state index contributed by atoms with van der Waals surface area (Å²) in [5, 5.41) is 3.41. The fourth-order valence-corrected chi connectivity index (χ4v) is 3.70. The number of methoxy groups -OCH3 is 2. The van der Waals surface area contributed by atoms with E-state index in [9.17, 15) is 4.79 Å². The highest BCUT2D eigenvalue weighted by molar-refractivity contribution is 6.11. The number of carbonyl (C=O) groups is 1. The number of pyridine rings is 1. The molecule has 0 fully saturated rings. The van der Waals surface area contributed by atoms with E-state index in [4.69, 9.17) is 18.9 Å². The van der Waals surface area contributed by atoms with Crippen LogP contribution in [-0.2, 0) is 0 Å². The van der Waals surface area contributed by atoms with E-state index in [-0.39, 0.29) is 12.7 Å². The number of carbonyl (C=O) groups excluding carboxylic acids is 1. The van der Waals surface area contributed by atoms with Gasteiger partial charge in [-0.2, -0.15) is 0 Å². The molecule has 1 atom stereocenters. The molecule has 2 aliphatic heterocycles. The number of amides is 1. The van der Waals surface area contributed by atoms with Crippen molar-refractivity contribution >= 4 is 17.3 Å². The minimum absolute atomic E-state index is 0.167. The molecule has 0 spiro atoms. The fraction of sp³-hybridized carbons (Fsp3) is 0.182. The maximum Gasteiger partial charge on any atom is 0.262 e. The number of anilines is 2. The molecule has 152 valence electrons. The van der Waals surface area contributed by atoms with Crippen LogP contribution in [-0.4, -0.2) is 31.9 Å². The minimum Gasteiger partial charge on any atom is -0.497 e. The zero-order valence-electron chi connectivity index (χ0n) is 16.4. The second-order valence-corrected chi connectivity index (χ2v) is 6.76. The number of benzene rings is 2. The number of aromatic nitrogens is 1. The van der Waals surface area contributed by atoms with Crippen LogP contribution in [0.3, 0.4) is 0 Å². The predicted molar refractivity (Wildman–Crippen MR) is 110 cm³/mol. The van der Waals surface area contributed by atoms with Crippen molar-refractivity contribution in [2.45, 2.75) is 6.17 Å². The Morgan fingerprint density at radius 2 is 1.93 bits per heavy atom. The summed E-state index contributed by atoms with van der Waals surface area (Å²) in [5.41, 5.74) is 2.55. The molecule has 3 heterocycles. The summed E-state index contributed by atoms with van der Waals surface area (Å²) in [4.78, 5) is 19.4. The second-order valence-electron chi connectivity index (χ2n) is 6.76. The Hall–Kier alpha value is -3.94. The quantitative estimate of drug-likeness (QED) is 0.694. The van der Waals surface area contributed by atoms with Gasteiger partial charge < -0.3 is 24.3 Å². The summed E-state index contributed by atoms with van der Waals surface area (Å²) in [6.45, 7) is 0.195. The lowest BCUT2D eigenvalue weighted by Gasteiger charge is -2.28. The monoisotopic (exact) mass is 405 g/mol. The fourth-order valence-electron chi connectivity index (χ4n) is 3.70. The zero-order valence-corrected chi connectivity index (χ0v) is 16.4. The highest BCUT2D eigenvalue weighted by atomic mass is 16.7. The first-order valence-electron chi connectivity index (χ1n) is 9.36. The molecule has 3 aromatic rings. The van der Waals surface area contributed by atoms with E-state index in [1.165, 1.54) is 0 Å². The molecule has 2 aromatic carbocycles. The third-order valence-electron chi connectivity index (χ3n) is 5.13. The summed E-state index contributed by atoms with van der Waals surface area (Å²) in [6.07, 6.45) is 1.14. The van der Waals surface area contributed by atoms with Crippen molar-refractivity contribution in [3.63, 3.8) is 0 Å². The largest absolute Gasteiger partial charge is 0.497 e. The van der Waals surface area contributed by atoms with Crippen LogP contribution in [0, 0.1) is 0 Å². The Bertz CT molecular complexity index is 1130. The van der Waals surface area contributed by atoms with E-state index in [2.05, 4.69) is 10.3 Å². The average Bonchev–Trinajstić information content (AvgIpc) is 3.36. The van der Waals surface area contributed by atoms with Crippen LogP contribution in [0.15, 0.2) is 54.7 Å². The van der Waals surface area contributed by atoms with Gasteiger partial charge in [-0.05, 0) is 36.4 Å². The Morgan fingerprint density at radius 1 is 1.07 bits per heavy atom. The lowest BCUT2D eigenvalue weighted by molar-refractivity contribution is 0.0992. The normalized spacial score (nSPS) is 16.4. The van der Waals surface area contributed by atoms with Crippen molar-refractivity contribution < 1.29 is 23.7 Å². The molecule has 1 aromatic heterocycles. The maximum atomic E-state index is 13.3. The number of nitrogens with one attached hydrogen (secondary N) is 1. The van der Waals surface area contributed by atoms with Crippen LogP contribution in [0.5, 0.6) is 23.0 Å². The summed E-state index contributed by atoms with van der Waals surface area (Å²) >= 11 is 0. The number of nitrogens with zero attached hydrogens (tertiary/aromatic N) is 2. The van der Waals surface area contributed by atoms with Gasteiger partial charge in [-0.25, -0.2) is 0 Å². The van der Waals surface area contributed by atoms with Crippen LogP contribution in [0.4, 0.5) is 11.4 Å². The molecule has 8 heteroatoms. The Balaban J connectivity index is 1.58. The van der Waals surface area contributed by atoms with Crippen molar-refractivity contribution in [3.8, 4) is 23.0 Å². The predicted octanol–water partition coefficient (Wildman–Crippen LogP) is 3.60.